The maximum atomic E-state index is 8.75. The fourth-order valence-electron chi connectivity index (χ4n) is 1.19. The maximum Gasteiger partial charge on any atom is 0.0687 e. The standard InChI is InChI=1S/C8H13NO/c1-8(2,6-9)7-3-4-10-5-7/h7H,3-5H2,1-2H3. The Labute approximate surface area is 61.8 Å². The number of ether oxygens (including phenoxy) is 1. The highest BCUT2D eigenvalue weighted by Gasteiger charge is 2.32. The predicted molar refractivity (Wildman–Crippen MR) is 38.3 cm³/mol. The van der Waals surface area contributed by atoms with Crippen molar-refractivity contribution in [3.8, 4) is 6.07 Å². The van der Waals surface area contributed by atoms with Gasteiger partial charge in [-0.2, -0.15) is 5.26 Å². The van der Waals surface area contributed by atoms with Crippen molar-refractivity contribution in [2.24, 2.45) is 11.3 Å². The maximum absolute atomic E-state index is 8.75. The van der Waals surface area contributed by atoms with Crippen LogP contribution < -0.4 is 0 Å². The van der Waals surface area contributed by atoms with E-state index in [0.29, 0.717) is 5.92 Å². The number of nitriles is 1. The first-order valence-electron chi connectivity index (χ1n) is 3.66. The zero-order valence-corrected chi connectivity index (χ0v) is 6.55. The zero-order chi connectivity index (χ0) is 7.61. The van der Waals surface area contributed by atoms with E-state index in [9.17, 15) is 0 Å². The van der Waals surface area contributed by atoms with Gasteiger partial charge in [0.1, 0.15) is 0 Å². The molecule has 0 aromatic carbocycles. The van der Waals surface area contributed by atoms with Crippen LogP contribution in [0.4, 0.5) is 0 Å². The van der Waals surface area contributed by atoms with Gasteiger partial charge in [0, 0.05) is 12.5 Å². The van der Waals surface area contributed by atoms with E-state index < -0.39 is 0 Å². The first-order chi connectivity index (χ1) is 4.67. The van der Waals surface area contributed by atoms with Crippen molar-refractivity contribution in [1.82, 2.24) is 0 Å². The number of nitrogens with zero attached hydrogens (tertiary/aromatic N) is 1. The van der Waals surface area contributed by atoms with E-state index in [1.807, 2.05) is 13.8 Å². The lowest BCUT2D eigenvalue weighted by atomic mass is 9.80. The van der Waals surface area contributed by atoms with Crippen LogP contribution in [0.1, 0.15) is 20.3 Å². The predicted octanol–water partition coefficient (Wildman–Crippen LogP) is 1.57. The van der Waals surface area contributed by atoms with Gasteiger partial charge in [-0.15, -0.1) is 0 Å². The summed E-state index contributed by atoms with van der Waals surface area (Å²) in [5.41, 5.74) is -0.198. The highest BCUT2D eigenvalue weighted by Crippen LogP contribution is 2.31. The minimum atomic E-state index is -0.198. The van der Waals surface area contributed by atoms with Gasteiger partial charge in [0.05, 0.1) is 18.1 Å². The van der Waals surface area contributed by atoms with E-state index in [-0.39, 0.29) is 5.41 Å². The van der Waals surface area contributed by atoms with Gasteiger partial charge in [-0.3, -0.25) is 0 Å². The fourth-order valence-corrected chi connectivity index (χ4v) is 1.19. The van der Waals surface area contributed by atoms with Crippen LogP contribution in [0, 0.1) is 22.7 Å². The molecule has 0 N–H and O–H groups in total. The number of hydrogen-bond donors (Lipinski definition) is 0. The second-order valence-electron chi connectivity index (χ2n) is 3.39. The third-order valence-electron chi connectivity index (χ3n) is 2.24. The van der Waals surface area contributed by atoms with Gasteiger partial charge < -0.3 is 4.74 Å². The van der Waals surface area contributed by atoms with Crippen LogP contribution in [-0.4, -0.2) is 13.2 Å². The van der Waals surface area contributed by atoms with Crippen molar-refractivity contribution >= 4 is 0 Å². The summed E-state index contributed by atoms with van der Waals surface area (Å²) in [6.07, 6.45) is 1.04. The smallest absolute Gasteiger partial charge is 0.0687 e. The van der Waals surface area contributed by atoms with Crippen molar-refractivity contribution in [2.75, 3.05) is 13.2 Å². The first kappa shape index (κ1) is 7.56. The molecule has 0 aliphatic carbocycles. The van der Waals surface area contributed by atoms with Crippen LogP contribution in [-0.2, 0) is 4.74 Å². The third kappa shape index (κ3) is 1.30. The normalized spacial score (nSPS) is 26.3. The summed E-state index contributed by atoms with van der Waals surface area (Å²) >= 11 is 0. The molecule has 10 heavy (non-hydrogen) atoms. The van der Waals surface area contributed by atoms with E-state index in [1.54, 1.807) is 0 Å². The van der Waals surface area contributed by atoms with E-state index in [2.05, 4.69) is 6.07 Å². The Balaban J connectivity index is 2.56. The van der Waals surface area contributed by atoms with Crippen molar-refractivity contribution in [3.05, 3.63) is 0 Å². The highest BCUT2D eigenvalue weighted by molar-refractivity contribution is 4.97. The Morgan fingerprint density at radius 1 is 1.60 bits per heavy atom. The van der Waals surface area contributed by atoms with Crippen molar-refractivity contribution in [3.63, 3.8) is 0 Å². The summed E-state index contributed by atoms with van der Waals surface area (Å²) in [6.45, 7) is 5.55. The quantitative estimate of drug-likeness (QED) is 0.552. The molecule has 1 aliphatic heterocycles. The Kier molecular flexibility index (Phi) is 1.96. The van der Waals surface area contributed by atoms with Gasteiger partial charge in [0.15, 0.2) is 0 Å². The van der Waals surface area contributed by atoms with Gasteiger partial charge >= 0.3 is 0 Å². The van der Waals surface area contributed by atoms with Gasteiger partial charge in [-0.05, 0) is 20.3 Å². The molecule has 56 valence electrons. The minimum Gasteiger partial charge on any atom is -0.381 e. The number of hydrogen-bond acceptors (Lipinski definition) is 2. The van der Waals surface area contributed by atoms with Gasteiger partial charge in [-0.1, -0.05) is 0 Å². The molecular formula is C8H13NO. The number of rotatable bonds is 1. The Bertz CT molecular complexity index is 151. The van der Waals surface area contributed by atoms with Crippen LogP contribution >= 0.6 is 0 Å². The Hall–Kier alpha value is -0.550. The van der Waals surface area contributed by atoms with Gasteiger partial charge in [-0.25, -0.2) is 0 Å². The molecule has 0 spiro atoms. The molecule has 2 nitrogen and oxygen atoms in total. The molecule has 1 aliphatic rings. The molecule has 0 saturated carbocycles. The van der Waals surface area contributed by atoms with E-state index in [4.69, 9.17) is 10.00 Å². The molecule has 1 saturated heterocycles. The molecule has 0 aromatic rings. The van der Waals surface area contributed by atoms with Gasteiger partial charge in [0.25, 0.3) is 0 Å². The molecule has 1 unspecified atom stereocenters. The minimum absolute atomic E-state index is 0.198. The molecule has 0 bridgehead atoms. The van der Waals surface area contributed by atoms with Gasteiger partial charge in [0.2, 0.25) is 0 Å². The van der Waals surface area contributed by atoms with Crippen LogP contribution in [0.2, 0.25) is 0 Å². The second kappa shape index (κ2) is 2.59. The summed E-state index contributed by atoms with van der Waals surface area (Å²) in [5.74, 6) is 0.442. The largest absolute Gasteiger partial charge is 0.381 e. The average molecular weight is 139 g/mol. The van der Waals surface area contributed by atoms with E-state index in [0.717, 1.165) is 19.6 Å². The van der Waals surface area contributed by atoms with Crippen molar-refractivity contribution < 1.29 is 4.74 Å². The Morgan fingerprint density at radius 3 is 2.70 bits per heavy atom. The molecular weight excluding hydrogens is 126 g/mol. The lowest BCUT2D eigenvalue weighted by molar-refractivity contribution is 0.164. The first-order valence-corrected chi connectivity index (χ1v) is 3.66. The Morgan fingerprint density at radius 2 is 2.30 bits per heavy atom. The third-order valence-corrected chi connectivity index (χ3v) is 2.24. The zero-order valence-electron chi connectivity index (χ0n) is 6.55. The summed E-state index contributed by atoms with van der Waals surface area (Å²) in [7, 11) is 0. The average Bonchev–Trinajstić information content (AvgIpc) is 2.38. The summed E-state index contributed by atoms with van der Waals surface area (Å²) in [4.78, 5) is 0. The lowest BCUT2D eigenvalue weighted by Crippen LogP contribution is -2.21. The fraction of sp³-hybridized carbons (Fsp3) is 0.875. The second-order valence-corrected chi connectivity index (χ2v) is 3.39. The van der Waals surface area contributed by atoms with Crippen LogP contribution in [0.5, 0.6) is 0 Å². The van der Waals surface area contributed by atoms with Crippen molar-refractivity contribution in [1.29, 1.82) is 5.26 Å². The highest BCUT2D eigenvalue weighted by atomic mass is 16.5. The van der Waals surface area contributed by atoms with Crippen LogP contribution in [0.15, 0.2) is 0 Å². The summed E-state index contributed by atoms with van der Waals surface area (Å²) in [6, 6.07) is 2.30. The molecule has 1 rings (SSSR count). The van der Waals surface area contributed by atoms with Crippen LogP contribution in [0.25, 0.3) is 0 Å². The molecule has 2 heteroatoms. The van der Waals surface area contributed by atoms with Crippen LogP contribution in [0.3, 0.4) is 0 Å². The molecule has 1 atom stereocenters. The lowest BCUT2D eigenvalue weighted by Gasteiger charge is -2.21. The SMILES string of the molecule is CC(C)(C#N)C1CCOC1. The summed E-state index contributed by atoms with van der Waals surface area (Å²) < 4.78 is 5.19. The molecule has 1 fully saturated rings. The monoisotopic (exact) mass is 139 g/mol. The molecule has 1 heterocycles. The van der Waals surface area contributed by atoms with Crippen molar-refractivity contribution in [2.45, 2.75) is 20.3 Å². The molecule has 0 amide bonds. The topological polar surface area (TPSA) is 33.0 Å². The summed E-state index contributed by atoms with van der Waals surface area (Å²) in [5, 5.41) is 8.75. The van der Waals surface area contributed by atoms with E-state index >= 15 is 0 Å². The van der Waals surface area contributed by atoms with E-state index in [1.165, 1.54) is 0 Å². The molecule has 0 aromatic heterocycles. The molecule has 0 radical (unpaired) electrons.